The van der Waals surface area contributed by atoms with Gasteiger partial charge in [-0.05, 0) is 66.3 Å². The van der Waals surface area contributed by atoms with Gasteiger partial charge < -0.3 is 14.6 Å². The highest BCUT2D eigenvalue weighted by atomic mass is 16.5. The summed E-state index contributed by atoms with van der Waals surface area (Å²) in [6.07, 6.45) is 0. The van der Waals surface area contributed by atoms with E-state index in [9.17, 15) is 9.59 Å². The number of amides is 1. The summed E-state index contributed by atoms with van der Waals surface area (Å²) < 4.78 is 5.17. The van der Waals surface area contributed by atoms with Gasteiger partial charge in [-0.2, -0.15) is 0 Å². The number of carbonyl (C=O) groups excluding carboxylic acids is 1. The third-order valence-corrected chi connectivity index (χ3v) is 4.87. The number of rotatable bonds is 5. The maximum atomic E-state index is 12.5. The maximum absolute atomic E-state index is 12.5. The van der Waals surface area contributed by atoms with Crippen LogP contribution in [0.4, 0.5) is 0 Å². The quantitative estimate of drug-likeness (QED) is 0.751. The van der Waals surface area contributed by atoms with E-state index < -0.39 is 0 Å². The first-order valence-electron chi connectivity index (χ1n) is 8.89. The lowest BCUT2D eigenvalue weighted by molar-refractivity contribution is -0.130. The fourth-order valence-electron chi connectivity index (χ4n) is 3.07. The number of benzene rings is 2. The first-order chi connectivity index (χ1) is 12.9. The van der Waals surface area contributed by atoms with Crippen LogP contribution in [0.2, 0.25) is 0 Å². The second kappa shape index (κ2) is 7.66. The second-order valence-corrected chi connectivity index (χ2v) is 6.87. The third-order valence-electron chi connectivity index (χ3n) is 4.87. The van der Waals surface area contributed by atoms with E-state index in [2.05, 4.69) is 11.1 Å². The van der Waals surface area contributed by atoms with Gasteiger partial charge in [0, 0.05) is 24.5 Å². The molecule has 3 aromatic rings. The van der Waals surface area contributed by atoms with Gasteiger partial charge in [-0.25, -0.2) is 0 Å². The number of hydrogen-bond acceptors (Lipinski definition) is 3. The zero-order valence-electron chi connectivity index (χ0n) is 16.1. The standard InChI is InChI=1S/C22H24N2O3/c1-14-9-18-11-19(22(26)23-21(18)10-15(14)2)13-24(16(3)25)12-17-5-7-20(27-4)8-6-17/h5-11H,12-13H2,1-4H3,(H,23,26). The fraction of sp³-hybridized carbons (Fsp3) is 0.273. The molecule has 1 heterocycles. The van der Waals surface area contributed by atoms with E-state index in [1.54, 1.807) is 12.0 Å². The molecule has 0 unspecified atom stereocenters. The predicted molar refractivity (Wildman–Crippen MR) is 107 cm³/mol. The van der Waals surface area contributed by atoms with E-state index in [1.165, 1.54) is 12.5 Å². The summed E-state index contributed by atoms with van der Waals surface area (Å²) in [6, 6.07) is 13.5. The van der Waals surface area contributed by atoms with Crippen molar-refractivity contribution < 1.29 is 9.53 Å². The molecule has 0 radical (unpaired) electrons. The Morgan fingerprint density at radius 2 is 1.70 bits per heavy atom. The van der Waals surface area contributed by atoms with Gasteiger partial charge in [0.2, 0.25) is 5.91 Å². The van der Waals surface area contributed by atoms with Gasteiger partial charge in [0.1, 0.15) is 5.75 Å². The number of H-pyrrole nitrogens is 1. The smallest absolute Gasteiger partial charge is 0.253 e. The number of ether oxygens (including phenoxy) is 1. The van der Waals surface area contributed by atoms with Crippen LogP contribution in [-0.2, 0) is 17.9 Å². The van der Waals surface area contributed by atoms with E-state index in [4.69, 9.17) is 4.74 Å². The van der Waals surface area contributed by atoms with Crippen LogP contribution in [0.1, 0.15) is 29.2 Å². The van der Waals surface area contributed by atoms with Crippen LogP contribution >= 0.6 is 0 Å². The zero-order chi connectivity index (χ0) is 19.6. The number of nitrogens with zero attached hydrogens (tertiary/aromatic N) is 1. The Kier molecular flexibility index (Phi) is 5.31. The average Bonchev–Trinajstić information content (AvgIpc) is 2.64. The summed E-state index contributed by atoms with van der Waals surface area (Å²) in [6.45, 7) is 6.29. The number of fused-ring (bicyclic) bond motifs is 1. The van der Waals surface area contributed by atoms with Gasteiger partial charge in [0.15, 0.2) is 0 Å². The largest absolute Gasteiger partial charge is 0.497 e. The Morgan fingerprint density at radius 1 is 1.04 bits per heavy atom. The average molecular weight is 364 g/mol. The lowest BCUT2D eigenvalue weighted by atomic mass is 10.0. The molecule has 0 aliphatic heterocycles. The van der Waals surface area contributed by atoms with Crippen molar-refractivity contribution in [3.05, 3.63) is 75.1 Å². The molecule has 0 aliphatic carbocycles. The normalized spacial score (nSPS) is 10.8. The van der Waals surface area contributed by atoms with Crippen molar-refractivity contribution in [2.75, 3.05) is 7.11 Å². The van der Waals surface area contributed by atoms with Crippen molar-refractivity contribution in [1.82, 2.24) is 9.88 Å². The van der Waals surface area contributed by atoms with Crippen LogP contribution in [0.25, 0.3) is 10.9 Å². The molecule has 1 N–H and O–H groups in total. The summed E-state index contributed by atoms with van der Waals surface area (Å²) >= 11 is 0. The number of hydrogen-bond donors (Lipinski definition) is 1. The topological polar surface area (TPSA) is 62.4 Å². The van der Waals surface area contributed by atoms with Crippen LogP contribution in [0.3, 0.4) is 0 Å². The number of nitrogens with one attached hydrogen (secondary N) is 1. The molecule has 0 aliphatic rings. The minimum absolute atomic E-state index is 0.0783. The van der Waals surface area contributed by atoms with Crippen molar-refractivity contribution in [3.63, 3.8) is 0 Å². The summed E-state index contributed by atoms with van der Waals surface area (Å²) in [4.78, 5) is 29.3. The van der Waals surface area contributed by atoms with Crippen LogP contribution in [0.5, 0.6) is 5.75 Å². The number of aromatic nitrogens is 1. The van der Waals surface area contributed by atoms with E-state index in [0.29, 0.717) is 12.1 Å². The number of pyridine rings is 1. The van der Waals surface area contributed by atoms with Crippen LogP contribution in [0.15, 0.2) is 47.3 Å². The Labute approximate surface area is 158 Å². The molecule has 0 atom stereocenters. The highest BCUT2D eigenvalue weighted by Gasteiger charge is 2.14. The maximum Gasteiger partial charge on any atom is 0.253 e. The van der Waals surface area contributed by atoms with Gasteiger partial charge >= 0.3 is 0 Å². The van der Waals surface area contributed by atoms with Gasteiger partial charge in [-0.15, -0.1) is 0 Å². The first kappa shape index (κ1) is 18.7. The monoisotopic (exact) mass is 364 g/mol. The van der Waals surface area contributed by atoms with E-state index in [0.717, 1.165) is 27.8 Å². The molecule has 5 nitrogen and oxygen atoms in total. The van der Waals surface area contributed by atoms with E-state index >= 15 is 0 Å². The molecule has 1 amide bonds. The summed E-state index contributed by atoms with van der Waals surface area (Å²) in [5, 5.41) is 0.973. The fourth-order valence-corrected chi connectivity index (χ4v) is 3.07. The summed E-state index contributed by atoms with van der Waals surface area (Å²) in [5.41, 5.74) is 4.52. The molecule has 0 saturated carbocycles. The lowest BCUT2D eigenvalue weighted by Crippen LogP contribution is -2.30. The van der Waals surface area contributed by atoms with Crippen LogP contribution in [-0.4, -0.2) is 22.9 Å². The van der Waals surface area contributed by atoms with Crippen molar-refractivity contribution in [1.29, 1.82) is 0 Å². The zero-order valence-corrected chi connectivity index (χ0v) is 16.1. The molecule has 1 aromatic heterocycles. The molecule has 0 saturated heterocycles. The first-order valence-corrected chi connectivity index (χ1v) is 8.89. The molecule has 3 rings (SSSR count). The lowest BCUT2D eigenvalue weighted by Gasteiger charge is -2.21. The highest BCUT2D eigenvalue weighted by molar-refractivity contribution is 5.81. The van der Waals surface area contributed by atoms with Gasteiger partial charge in [0.25, 0.3) is 5.56 Å². The number of aromatic amines is 1. The Hall–Kier alpha value is -3.08. The molecule has 0 spiro atoms. The predicted octanol–water partition coefficient (Wildman–Crippen LogP) is 3.70. The minimum atomic E-state index is -0.160. The van der Waals surface area contributed by atoms with Crippen molar-refractivity contribution >= 4 is 16.8 Å². The molecular formula is C22H24N2O3. The van der Waals surface area contributed by atoms with Gasteiger partial charge in [-0.3, -0.25) is 9.59 Å². The van der Waals surface area contributed by atoms with Crippen molar-refractivity contribution in [2.45, 2.75) is 33.9 Å². The Balaban J connectivity index is 1.89. The SMILES string of the molecule is COc1ccc(CN(Cc2cc3cc(C)c(C)cc3[nH]c2=O)C(C)=O)cc1. The van der Waals surface area contributed by atoms with Crippen LogP contribution in [0, 0.1) is 13.8 Å². The van der Waals surface area contributed by atoms with E-state index in [-0.39, 0.29) is 18.0 Å². The minimum Gasteiger partial charge on any atom is -0.497 e. The Bertz CT molecular complexity index is 1040. The molecule has 140 valence electrons. The molecule has 0 bridgehead atoms. The Morgan fingerprint density at radius 3 is 2.33 bits per heavy atom. The number of carbonyl (C=O) groups is 1. The molecule has 2 aromatic carbocycles. The van der Waals surface area contributed by atoms with Crippen LogP contribution < -0.4 is 10.3 Å². The third kappa shape index (κ3) is 4.19. The van der Waals surface area contributed by atoms with Crippen molar-refractivity contribution in [3.8, 4) is 5.75 Å². The molecule has 0 fully saturated rings. The molecule has 27 heavy (non-hydrogen) atoms. The molecular weight excluding hydrogens is 340 g/mol. The number of aryl methyl sites for hydroxylation is 2. The molecule has 5 heteroatoms. The highest BCUT2D eigenvalue weighted by Crippen LogP contribution is 2.19. The van der Waals surface area contributed by atoms with Gasteiger partial charge in [-0.1, -0.05) is 12.1 Å². The van der Waals surface area contributed by atoms with E-state index in [1.807, 2.05) is 50.2 Å². The van der Waals surface area contributed by atoms with Crippen molar-refractivity contribution in [2.24, 2.45) is 0 Å². The number of methoxy groups -OCH3 is 1. The summed E-state index contributed by atoms with van der Waals surface area (Å²) in [7, 11) is 1.62. The summed E-state index contributed by atoms with van der Waals surface area (Å²) in [5.74, 6) is 0.690. The second-order valence-electron chi connectivity index (χ2n) is 6.87. The van der Waals surface area contributed by atoms with Gasteiger partial charge in [0.05, 0.1) is 13.7 Å².